The predicted octanol–water partition coefficient (Wildman–Crippen LogP) is 1.18. The van der Waals surface area contributed by atoms with Crippen LogP contribution in [-0.2, 0) is 10.0 Å². The number of sulfonamides is 1. The fourth-order valence-corrected chi connectivity index (χ4v) is 3.70. The van der Waals surface area contributed by atoms with Crippen molar-refractivity contribution in [3.05, 3.63) is 53.6 Å². The molecule has 9 heteroatoms. The van der Waals surface area contributed by atoms with Crippen molar-refractivity contribution in [2.45, 2.75) is 4.90 Å². The second-order valence-electron chi connectivity index (χ2n) is 5.41. The van der Waals surface area contributed by atoms with Crippen LogP contribution in [0.15, 0.2) is 56.9 Å². The maximum absolute atomic E-state index is 12.2. The molecule has 0 amide bonds. The van der Waals surface area contributed by atoms with Gasteiger partial charge in [0.1, 0.15) is 4.90 Å². The summed E-state index contributed by atoms with van der Waals surface area (Å²) in [6.07, 6.45) is 1.47. The van der Waals surface area contributed by atoms with Gasteiger partial charge in [-0.1, -0.05) is 12.1 Å². The molecular formula is C17H17N3O5S. The Hall–Kier alpha value is -2.91. The highest BCUT2D eigenvalue weighted by atomic mass is 32.2. The fraction of sp³-hybridized carbons (Fsp3) is 0.176. The van der Waals surface area contributed by atoms with Gasteiger partial charge in [-0.05, 0) is 35.9 Å². The van der Waals surface area contributed by atoms with E-state index in [4.69, 9.17) is 4.74 Å². The normalized spacial score (nSPS) is 14.9. The Balaban J connectivity index is 1.96. The summed E-state index contributed by atoms with van der Waals surface area (Å²) in [6.45, 7) is -0.175. The van der Waals surface area contributed by atoms with Crippen molar-refractivity contribution in [2.75, 3.05) is 20.3 Å². The van der Waals surface area contributed by atoms with Crippen molar-refractivity contribution in [3.8, 4) is 11.5 Å². The average Bonchev–Trinajstić information content (AvgIpc) is 2.91. The highest BCUT2D eigenvalue weighted by Gasteiger charge is 2.31. The van der Waals surface area contributed by atoms with Crippen LogP contribution in [0.2, 0.25) is 0 Å². The molecule has 3 rings (SSSR count). The van der Waals surface area contributed by atoms with Gasteiger partial charge in [-0.3, -0.25) is 0 Å². The molecule has 0 bridgehead atoms. The van der Waals surface area contributed by atoms with E-state index in [0.717, 1.165) is 0 Å². The average molecular weight is 375 g/mol. The number of hydrogen-bond donors (Lipinski definition) is 2. The largest absolute Gasteiger partial charge is 0.504 e. The second-order valence-corrected chi connectivity index (χ2v) is 6.98. The molecule has 0 unspecified atom stereocenters. The van der Waals surface area contributed by atoms with Crippen molar-refractivity contribution in [1.29, 1.82) is 0 Å². The van der Waals surface area contributed by atoms with E-state index in [1.165, 1.54) is 30.5 Å². The second kappa shape index (κ2) is 7.14. The number of aromatic hydroxyl groups is 1. The van der Waals surface area contributed by atoms with E-state index < -0.39 is 10.0 Å². The summed E-state index contributed by atoms with van der Waals surface area (Å²) in [5.74, 6) is 0.433. The summed E-state index contributed by atoms with van der Waals surface area (Å²) >= 11 is 0. The third-order valence-electron chi connectivity index (χ3n) is 3.72. The SMILES string of the molecule is COc1cc(/C=N/N(CCO)C2=NS(=O)(=O)c3ccccc32)ccc1O. The van der Waals surface area contributed by atoms with Crippen LogP contribution in [-0.4, -0.2) is 56.0 Å². The lowest BCUT2D eigenvalue weighted by molar-refractivity contribution is 0.254. The Morgan fingerprint density at radius 2 is 2.04 bits per heavy atom. The summed E-state index contributed by atoms with van der Waals surface area (Å²) in [7, 11) is -2.35. The number of hydrazone groups is 1. The number of fused-ring (bicyclic) bond motifs is 1. The Morgan fingerprint density at radius 3 is 2.77 bits per heavy atom. The van der Waals surface area contributed by atoms with Crippen LogP contribution in [0.4, 0.5) is 0 Å². The molecule has 8 nitrogen and oxygen atoms in total. The van der Waals surface area contributed by atoms with Gasteiger partial charge in [-0.2, -0.15) is 13.5 Å². The Morgan fingerprint density at radius 1 is 1.27 bits per heavy atom. The number of ether oxygens (including phenoxy) is 1. The molecule has 1 aliphatic rings. The number of hydrogen-bond acceptors (Lipinski definition) is 7. The first-order valence-electron chi connectivity index (χ1n) is 7.70. The molecule has 2 aromatic rings. The number of methoxy groups -OCH3 is 1. The number of benzene rings is 2. The highest BCUT2D eigenvalue weighted by Crippen LogP contribution is 2.28. The Kier molecular flexibility index (Phi) is 4.92. The van der Waals surface area contributed by atoms with E-state index in [9.17, 15) is 18.6 Å². The van der Waals surface area contributed by atoms with E-state index >= 15 is 0 Å². The number of aliphatic hydroxyl groups excluding tert-OH is 1. The van der Waals surface area contributed by atoms with Gasteiger partial charge in [0.25, 0.3) is 10.0 Å². The summed E-state index contributed by atoms with van der Waals surface area (Å²) in [5, 5.41) is 24.5. The molecular weight excluding hydrogens is 358 g/mol. The smallest absolute Gasteiger partial charge is 0.285 e. The van der Waals surface area contributed by atoms with Crippen LogP contribution < -0.4 is 4.74 Å². The number of nitrogens with zero attached hydrogens (tertiary/aromatic N) is 3. The van der Waals surface area contributed by atoms with Crippen LogP contribution in [0.5, 0.6) is 11.5 Å². The summed E-state index contributed by atoms with van der Waals surface area (Å²) < 4.78 is 33.2. The molecule has 1 aliphatic heterocycles. The van der Waals surface area contributed by atoms with Gasteiger partial charge in [0.15, 0.2) is 17.3 Å². The van der Waals surface area contributed by atoms with Crippen LogP contribution in [0.1, 0.15) is 11.1 Å². The van der Waals surface area contributed by atoms with Crippen molar-refractivity contribution in [3.63, 3.8) is 0 Å². The first-order chi connectivity index (χ1) is 12.5. The van der Waals surface area contributed by atoms with Gasteiger partial charge < -0.3 is 14.9 Å². The number of amidine groups is 1. The van der Waals surface area contributed by atoms with E-state index in [1.807, 2.05) is 0 Å². The zero-order chi connectivity index (χ0) is 18.7. The predicted molar refractivity (Wildman–Crippen MR) is 96.2 cm³/mol. The number of aliphatic hydroxyl groups is 1. The molecule has 0 fully saturated rings. The minimum atomic E-state index is -3.78. The molecule has 2 N–H and O–H groups in total. The molecule has 2 aromatic carbocycles. The minimum Gasteiger partial charge on any atom is -0.504 e. The highest BCUT2D eigenvalue weighted by molar-refractivity contribution is 7.90. The lowest BCUT2D eigenvalue weighted by Crippen LogP contribution is -2.28. The zero-order valence-corrected chi connectivity index (χ0v) is 14.7. The third kappa shape index (κ3) is 3.39. The molecule has 26 heavy (non-hydrogen) atoms. The first kappa shape index (κ1) is 17.9. The molecule has 1 heterocycles. The van der Waals surface area contributed by atoms with E-state index in [2.05, 4.69) is 9.50 Å². The molecule has 0 aliphatic carbocycles. The van der Waals surface area contributed by atoms with Crippen LogP contribution in [0, 0.1) is 0 Å². The quantitative estimate of drug-likeness (QED) is 0.599. The van der Waals surface area contributed by atoms with Gasteiger partial charge >= 0.3 is 0 Å². The topological polar surface area (TPSA) is 112 Å². The van der Waals surface area contributed by atoms with Gasteiger partial charge in [-0.15, -0.1) is 4.40 Å². The minimum absolute atomic E-state index is 0.00273. The number of phenols is 1. The standard InChI is InChI=1S/C17H17N3O5S/c1-25-15-10-12(6-7-14(15)22)11-18-20(8-9-21)17-13-4-2-3-5-16(13)26(23,24)19-17/h2-7,10-11,21-22H,8-9H2,1H3/b18-11+. The van der Waals surface area contributed by atoms with E-state index in [1.54, 1.807) is 30.3 Å². The molecule has 136 valence electrons. The number of rotatable bonds is 5. The van der Waals surface area contributed by atoms with Crippen molar-refractivity contribution >= 4 is 22.1 Å². The van der Waals surface area contributed by atoms with Gasteiger partial charge in [0.2, 0.25) is 0 Å². The summed E-state index contributed by atoms with van der Waals surface area (Å²) in [5.41, 5.74) is 1.05. The summed E-state index contributed by atoms with van der Waals surface area (Å²) in [4.78, 5) is 0.111. The summed E-state index contributed by atoms with van der Waals surface area (Å²) in [6, 6.07) is 11.1. The van der Waals surface area contributed by atoms with E-state index in [-0.39, 0.29) is 35.4 Å². The molecule has 0 saturated carbocycles. The molecule has 0 atom stereocenters. The van der Waals surface area contributed by atoms with Crippen LogP contribution in [0.3, 0.4) is 0 Å². The molecule has 0 saturated heterocycles. The van der Waals surface area contributed by atoms with Gasteiger partial charge in [0, 0.05) is 5.56 Å². The fourth-order valence-electron chi connectivity index (χ4n) is 2.50. The monoisotopic (exact) mass is 375 g/mol. The van der Waals surface area contributed by atoms with Crippen LogP contribution in [0.25, 0.3) is 0 Å². The first-order valence-corrected chi connectivity index (χ1v) is 9.14. The molecule has 0 aromatic heterocycles. The Bertz CT molecular complexity index is 986. The van der Waals surface area contributed by atoms with Crippen molar-refractivity contribution < 1.29 is 23.4 Å². The van der Waals surface area contributed by atoms with Gasteiger partial charge in [0.05, 0.1) is 26.5 Å². The maximum Gasteiger partial charge on any atom is 0.285 e. The molecule has 0 spiro atoms. The van der Waals surface area contributed by atoms with Crippen molar-refractivity contribution in [2.24, 2.45) is 9.50 Å². The maximum atomic E-state index is 12.2. The van der Waals surface area contributed by atoms with Crippen LogP contribution >= 0.6 is 0 Å². The zero-order valence-electron chi connectivity index (χ0n) is 13.9. The van der Waals surface area contributed by atoms with Crippen molar-refractivity contribution in [1.82, 2.24) is 5.01 Å². The molecule has 0 radical (unpaired) electrons. The third-order valence-corrected chi connectivity index (χ3v) is 5.04. The van der Waals surface area contributed by atoms with E-state index in [0.29, 0.717) is 11.1 Å². The Labute approximate surface area is 150 Å². The number of phenolic OH excluding ortho intramolecular Hbond substituents is 1. The lowest BCUT2D eigenvalue weighted by atomic mass is 10.2. The lowest BCUT2D eigenvalue weighted by Gasteiger charge is -2.17. The van der Waals surface area contributed by atoms with Gasteiger partial charge in [-0.25, -0.2) is 5.01 Å².